The molecule has 0 saturated heterocycles. The van der Waals surface area contributed by atoms with Crippen LogP contribution < -0.4 is 15.6 Å². The Bertz CT molecular complexity index is 1510. The van der Waals surface area contributed by atoms with E-state index in [0.717, 1.165) is 29.0 Å². The first kappa shape index (κ1) is 25.2. The standard InChI is InChI=1S/C26H26ClN5O4S/c1-15-23(26(34)32(31(15)3)20-7-5-4-6-8-20)29-25(33)16(2)37-14-22-28-21(30-36-22)13-18-12-19(27)11-17-9-10-35-24(17)18/h4-8,11-12,16H,9-10,13-14H2,1-3H3,(H,29,33). The van der Waals surface area contributed by atoms with Crippen LogP contribution in [0.15, 0.2) is 51.8 Å². The molecule has 0 aliphatic carbocycles. The fourth-order valence-electron chi connectivity index (χ4n) is 4.28. The zero-order valence-electron chi connectivity index (χ0n) is 20.7. The fourth-order valence-corrected chi connectivity index (χ4v) is 5.26. The van der Waals surface area contributed by atoms with E-state index in [1.165, 1.54) is 16.4 Å². The van der Waals surface area contributed by atoms with Gasteiger partial charge in [-0.3, -0.25) is 14.3 Å². The summed E-state index contributed by atoms with van der Waals surface area (Å²) < 4.78 is 14.4. The Balaban J connectivity index is 1.22. The van der Waals surface area contributed by atoms with Crippen LogP contribution in [0.1, 0.15) is 35.5 Å². The van der Waals surface area contributed by atoms with E-state index < -0.39 is 5.25 Å². The number of halogens is 1. The van der Waals surface area contributed by atoms with Gasteiger partial charge in [0, 0.05) is 30.5 Å². The van der Waals surface area contributed by atoms with Crippen LogP contribution in [0.4, 0.5) is 5.69 Å². The molecule has 0 radical (unpaired) electrons. The van der Waals surface area contributed by atoms with Crippen LogP contribution in [0.25, 0.3) is 5.69 Å². The van der Waals surface area contributed by atoms with E-state index in [9.17, 15) is 9.59 Å². The van der Waals surface area contributed by atoms with Gasteiger partial charge in [0.1, 0.15) is 11.4 Å². The predicted octanol–water partition coefficient (Wildman–Crippen LogP) is 4.31. The van der Waals surface area contributed by atoms with E-state index in [-0.39, 0.29) is 17.2 Å². The Kier molecular flexibility index (Phi) is 7.12. The van der Waals surface area contributed by atoms with Gasteiger partial charge in [0.05, 0.1) is 29.0 Å². The molecule has 2 aromatic carbocycles. The van der Waals surface area contributed by atoms with E-state index in [1.807, 2.05) is 42.5 Å². The van der Waals surface area contributed by atoms with Crippen molar-refractivity contribution in [3.63, 3.8) is 0 Å². The molecule has 9 nitrogen and oxygen atoms in total. The van der Waals surface area contributed by atoms with Gasteiger partial charge < -0.3 is 14.6 Å². The second-order valence-corrected chi connectivity index (χ2v) is 10.6. The maximum Gasteiger partial charge on any atom is 0.295 e. The third-order valence-electron chi connectivity index (χ3n) is 6.31. The fraction of sp³-hybridized carbons (Fsp3) is 0.308. The molecule has 1 amide bonds. The summed E-state index contributed by atoms with van der Waals surface area (Å²) in [5.41, 5.74) is 3.38. The van der Waals surface area contributed by atoms with E-state index >= 15 is 0 Å². The molecule has 1 aliphatic heterocycles. The van der Waals surface area contributed by atoms with Crippen LogP contribution in [0, 0.1) is 6.92 Å². The molecule has 1 unspecified atom stereocenters. The van der Waals surface area contributed by atoms with Gasteiger partial charge in [-0.1, -0.05) is 35.0 Å². The number of benzene rings is 2. The van der Waals surface area contributed by atoms with Crippen LogP contribution in [-0.2, 0) is 30.4 Å². The number of anilines is 1. The highest BCUT2D eigenvalue weighted by molar-refractivity contribution is 7.99. The summed E-state index contributed by atoms with van der Waals surface area (Å²) in [5.74, 6) is 1.87. The maximum absolute atomic E-state index is 13.1. The molecule has 1 atom stereocenters. The SMILES string of the molecule is Cc1c(NC(=O)C(C)SCc2nc(Cc3cc(Cl)cc4c3OCC4)no2)c(=O)n(-c2ccccc2)n1C. The smallest absolute Gasteiger partial charge is 0.295 e. The van der Waals surface area contributed by atoms with Crippen LogP contribution >= 0.6 is 23.4 Å². The molecular formula is C26H26ClN5O4S. The molecule has 5 rings (SSSR count). The van der Waals surface area contributed by atoms with E-state index in [4.69, 9.17) is 20.9 Å². The lowest BCUT2D eigenvalue weighted by Crippen LogP contribution is -2.27. The normalized spacial score (nSPS) is 13.3. The van der Waals surface area contributed by atoms with Crippen LogP contribution in [0.5, 0.6) is 5.75 Å². The zero-order valence-corrected chi connectivity index (χ0v) is 22.2. The molecule has 1 aliphatic rings. The molecule has 2 aromatic heterocycles. The largest absolute Gasteiger partial charge is 0.493 e. The number of carbonyl (C=O) groups excluding carboxylic acids is 1. The Morgan fingerprint density at radius 2 is 2.05 bits per heavy atom. The first-order valence-electron chi connectivity index (χ1n) is 11.8. The molecule has 1 N–H and O–H groups in total. The topological polar surface area (TPSA) is 104 Å². The second kappa shape index (κ2) is 10.5. The first-order valence-corrected chi connectivity index (χ1v) is 13.3. The number of aromatic nitrogens is 4. The summed E-state index contributed by atoms with van der Waals surface area (Å²) in [6.45, 7) is 4.21. The van der Waals surface area contributed by atoms with Crippen molar-refractivity contribution in [3.8, 4) is 11.4 Å². The highest BCUT2D eigenvalue weighted by Crippen LogP contribution is 2.34. The summed E-state index contributed by atoms with van der Waals surface area (Å²) in [7, 11) is 1.79. The minimum atomic E-state index is -0.455. The average molecular weight is 540 g/mol. The van der Waals surface area contributed by atoms with Crippen LogP contribution in [0.2, 0.25) is 5.02 Å². The Morgan fingerprint density at radius 1 is 1.27 bits per heavy atom. The Morgan fingerprint density at radius 3 is 2.84 bits per heavy atom. The van der Waals surface area contributed by atoms with Crippen molar-refractivity contribution < 1.29 is 14.1 Å². The zero-order chi connectivity index (χ0) is 26.1. The number of nitrogens with zero attached hydrogens (tertiary/aromatic N) is 4. The lowest BCUT2D eigenvalue weighted by atomic mass is 10.1. The molecule has 0 spiro atoms. The third-order valence-corrected chi connectivity index (χ3v) is 7.66. The number of carbonyl (C=O) groups is 1. The highest BCUT2D eigenvalue weighted by atomic mass is 35.5. The van der Waals surface area contributed by atoms with Gasteiger partial charge in [-0.25, -0.2) is 4.68 Å². The van der Waals surface area contributed by atoms with Gasteiger partial charge in [-0.2, -0.15) is 4.98 Å². The number of amides is 1. The predicted molar refractivity (Wildman–Crippen MR) is 143 cm³/mol. The molecule has 0 saturated carbocycles. The maximum atomic E-state index is 13.1. The van der Waals surface area contributed by atoms with Gasteiger partial charge in [0.2, 0.25) is 11.8 Å². The highest BCUT2D eigenvalue weighted by Gasteiger charge is 2.23. The van der Waals surface area contributed by atoms with Crippen molar-refractivity contribution in [2.45, 2.75) is 37.7 Å². The number of para-hydroxylation sites is 1. The van der Waals surface area contributed by atoms with Crippen molar-refractivity contribution in [1.82, 2.24) is 19.5 Å². The quantitative estimate of drug-likeness (QED) is 0.356. The van der Waals surface area contributed by atoms with Gasteiger partial charge in [0.25, 0.3) is 5.56 Å². The lowest BCUT2D eigenvalue weighted by molar-refractivity contribution is -0.115. The van der Waals surface area contributed by atoms with E-state index in [0.29, 0.717) is 41.2 Å². The van der Waals surface area contributed by atoms with Crippen molar-refractivity contribution in [2.24, 2.45) is 7.05 Å². The summed E-state index contributed by atoms with van der Waals surface area (Å²) in [6.07, 6.45) is 1.27. The van der Waals surface area contributed by atoms with E-state index in [1.54, 1.807) is 25.6 Å². The number of ether oxygens (including phenoxy) is 1. The third kappa shape index (κ3) is 5.17. The summed E-state index contributed by atoms with van der Waals surface area (Å²) in [6, 6.07) is 13.1. The first-order chi connectivity index (χ1) is 17.8. The molecular weight excluding hydrogens is 514 g/mol. The molecule has 192 valence electrons. The molecule has 37 heavy (non-hydrogen) atoms. The van der Waals surface area contributed by atoms with Crippen molar-refractivity contribution >= 4 is 35.0 Å². The van der Waals surface area contributed by atoms with Gasteiger partial charge >= 0.3 is 0 Å². The Hall–Kier alpha value is -3.50. The average Bonchev–Trinajstić information content (AvgIpc) is 3.59. The molecule has 0 bridgehead atoms. The number of nitrogens with one attached hydrogen (secondary N) is 1. The van der Waals surface area contributed by atoms with Gasteiger partial charge in [-0.15, -0.1) is 11.8 Å². The van der Waals surface area contributed by atoms with E-state index in [2.05, 4.69) is 15.5 Å². The monoisotopic (exact) mass is 539 g/mol. The van der Waals surface area contributed by atoms with Gasteiger partial charge in [-0.05, 0) is 43.7 Å². The Labute approximate surface area is 222 Å². The second-order valence-electron chi connectivity index (χ2n) is 8.81. The number of rotatable bonds is 8. The lowest BCUT2D eigenvalue weighted by Gasteiger charge is -2.10. The molecule has 3 heterocycles. The molecule has 11 heteroatoms. The minimum absolute atomic E-state index is 0.264. The number of hydrogen-bond donors (Lipinski definition) is 1. The van der Waals surface area contributed by atoms with Crippen LogP contribution in [-0.4, -0.2) is 37.3 Å². The minimum Gasteiger partial charge on any atom is -0.493 e. The summed E-state index contributed by atoms with van der Waals surface area (Å²) in [4.78, 5) is 30.4. The summed E-state index contributed by atoms with van der Waals surface area (Å²) in [5, 5.41) is 7.08. The molecule has 4 aromatic rings. The van der Waals surface area contributed by atoms with Gasteiger partial charge in [0.15, 0.2) is 5.82 Å². The number of thioether (sulfide) groups is 1. The summed E-state index contributed by atoms with van der Waals surface area (Å²) >= 11 is 7.60. The molecule has 0 fully saturated rings. The van der Waals surface area contributed by atoms with Crippen molar-refractivity contribution in [1.29, 1.82) is 0 Å². The number of fused-ring (bicyclic) bond motifs is 1. The van der Waals surface area contributed by atoms with Crippen molar-refractivity contribution in [3.05, 3.63) is 86.4 Å². The number of hydrogen-bond acceptors (Lipinski definition) is 7. The van der Waals surface area contributed by atoms with Crippen LogP contribution in [0.3, 0.4) is 0 Å². The van der Waals surface area contributed by atoms with Crippen molar-refractivity contribution in [2.75, 3.05) is 11.9 Å².